The Morgan fingerprint density at radius 1 is 1.29 bits per heavy atom. The second-order valence-corrected chi connectivity index (χ2v) is 5.44. The molecule has 21 heavy (non-hydrogen) atoms. The van der Waals surface area contributed by atoms with Crippen LogP contribution < -0.4 is 5.32 Å². The molecule has 2 rings (SSSR count). The van der Waals surface area contributed by atoms with E-state index in [1.165, 1.54) is 5.56 Å². The molecule has 4 nitrogen and oxygen atoms in total. The predicted molar refractivity (Wildman–Crippen MR) is 88.8 cm³/mol. The van der Waals surface area contributed by atoms with Crippen molar-refractivity contribution in [2.75, 3.05) is 25.0 Å². The van der Waals surface area contributed by atoms with Crippen LogP contribution in [0.4, 0.5) is 5.69 Å². The summed E-state index contributed by atoms with van der Waals surface area (Å²) in [6, 6.07) is 7.88. The zero-order valence-electron chi connectivity index (χ0n) is 12.7. The maximum Gasteiger partial charge on any atom is 0.0729 e. The highest BCUT2D eigenvalue weighted by atomic mass is 35.5. The fraction of sp³-hybridized carbons (Fsp3) is 0.438. The predicted octanol–water partition coefficient (Wildman–Crippen LogP) is 3.49. The Balaban J connectivity index is 1.83. The summed E-state index contributed by atoms with van der Waals surface area (Å²) in [4.78, 5) is 2.39. The molecular weight excluding hydrogens is 284 g/mol. The molecule has 114 valence electrons. The summed E-state index contributed by atoms with van der Waals surface area (Å²) in [6.07, 6.45) is 3.92. The standard InChI is InChI=1S/C16H23ClN4/c1-3-20(4-2)8-9-21-13-16(12-19-21)18-11-14-6-5-7-15(17)10-14/h5-7,10,12-13,18H,3-4,8-9,11H2,1-2H3. The third kappa shape index (κ3) is 5.06. The Morgan fingerprint density at radius 3 is 2.81 bits per heavy atom. The Kier molecular flexibility index (Phi) is 6.08. The molecule has 0 radical (unpaired) electrons. The first-order valence-electron chi connectivity index (χ1n) is 7.44. The van der Waals surface area contributed by atoms with Crippen molar-refractivity contribution in [3.05, 3.63) is 47.2 Å². The molecule has 0 aliphatic heterocycles. The molecule has 1 aromatic carbocycles. The molecule has 0 aliphatic carbocycles. The number of benzene rings is 1. The molecule has 5 heteroatoms. The van der Waals surface area contributed by atoms with E-state index in [2.05, 4.69) is 35.2 Å². The number of rotatable bonds is 8. The van der Waals surface area contributed by atoms with E-state index in [1.807, 2.05) is 35.3 Å². The van der Waals surface area contributed by atoms with Crippen molar-refractivity contribution in [2.24, 2.45) is 0 Å². The largest absolute Gasteiger partial charge is 0.378 e. The molecule has 0 fully saturated rings. The molecule has 0 saturated carbocycles. The second-order valence-electron chi connectivity index (χ2n) is 5.00. The fourth-order valence-corrected chi connectivity index (χ4v) is 2.42. The zero-order valence-corrected chi connectivity index (χ0v) is 13.5. The highest BCUT2D eigenvalue weighted by molar-refractivity contribution is 6.30. The van der Waals surface area contributed by atoms with Crippen molar-refractivity contribution in [3.8, 4) is 0 Å². The van der Waals surface area contributed by atoms with Gasteiger partial charge in [0.25, 0.3) is 0 Å². The molecule has 0 aliphatic rings. The van der Waals surface area contributed by atoms with Crippen LogP contribution in [0.2, 0.25) is 5.02 Å². The molecular formula is C16H23ClN4. The molecule has 0 spiro atoms. The van der Waals surface area contributed by atoms with Crippen molar-refractivity contribution >= 4 is 17.3 Å². The van der Waals surface area contributed by atoms with Crippen LogP contribution >= 0.6 is 11.6 Å². The monoisotopic (exact) mass is 306 g/mol. The summed E-state index contributed by atoms with van der Waals surface area (Å²) in [5.41, 5.74) is 2.20. The minimum Gasteiger partial charge on any atom is -0.378 e. The molecule has 0 amide bonds. The normalized spacial score (nSPS) is 11.0. The molecule has 0 atom stereocenters. The average molecular weight is 307 g/mol. The summed E-state index contributed by atoms with van der Waals surface area (Å²) >= 11 is 5.98. The van der Waals surface area contributed by atoms with Crippen LogP contribution in [0.15, 0.2) is 36.7 Å². The lowest BCUT2D eigenvalue weighted by Crippen LogP contribution is -2.27. The summed E-state index contributed by atoms with van der Waals surface area (Å²) in [5.74, 6) is 0. The van der Waals surface area contributed by atoms with Crippen molar-refractivity contribution in [1.82, 2.24) is 14.7 Å². The average Bonchev–Trinajstić information content (AvgIpc) is 2.94. The Hall–Kier alpha value is -1.52. The van der Waals surface area contributed by atoms with Gasteiger partial charge < -0.3 is 10.2 Å². The highest BCUT2D eigenvalue weighted by Crippen LogP contribution is 2.13. The molecule has 2 aromatic rings. The first kappa shape index (κ1) is 15.9. The van der Waals surface area contributed by atoms with Crippen LogP contribution in [0, 0.1) is 0 Å². The Morgan fingerprint density at radius 2 is 2.10 bits per heavy atom. The molecule has 0 unspecified atom stereocenters. The smallest absolute Gasteiger partial charge is 0.0729 e. The molecule has 1 heterocycles. The first-order valence-corrected chi connectivity index (χ1v) is 7.82. The lowest BCUT2D eigenvalue weighted by atomic mass is 10.2. The van der Waals surface area contributed by atoms with E-state index in [0.717, 1.165) is 43.4 Å². The van der Waals surface area contributed by atoms with Gasteiger partial charge in [0.05, 0.1) is 18.4 Å². The topological polar surface area (TPSA) is 33.1 Å². The minimum absolute atomic E-state index is 0.752. The third-order valence-corrected chi connectivity index (χ3v) is 3.79. The number of nitrogens with one attached hydrogen (secondary N) is 1. The van der Waals surface area contributed by atoms with Gasteiger partial charge in [0.2, 0.25) is 0 Å². The van der Waals surface area contributed by atoms with E-state index in [0.29, 0.717) is 0 Å². The number of anilines is 1. The lowest BCUT2D eigenvalue weighted by Gasteiger charge is -2.17. The number of hydrogen-bond donors (Lipinski definition) is 1. The number of nitrogens with zero attached hydrogens (tertiary/aromatic N) is 3. The van der Waals surface area contributed by atoms with E-state index in [4.69, 9.17) is 11.6 Å². The van der Waals surface area contributed by atoms with Gasteiger partial charge in [-0.3, -0.25) is 4.68 Å². The Bertz CT molecular complexity index is 549. The Labute approximate surface area is 131 Å². The molecule has 0 bridgehead atoms. The lowest BCUT2D eigenvalue weighted by molar-refractivity contribution is 0.285. The van der Waals surface area contributed by atoms with Gasteiger partial charge in [0.15, 0.2) is 0 Å². The molecule has 1 aromatic heterocycles. The number of likely N-dealkylation sites (N-methyl/N-ethyl adjacent to an activating group) is 1. The maximum atomic E-state index is 5.98. The number of halogens is 1. The van der Waals surface area contributed by atoms with Crippen molar-refractivity contribution in [2.45, 2.75) is 26.9 Å². The zero-order chi connectivity index (χ0) is 15.1. The van der Waals surface area contributed by atoms with Crippen LogP contribution in [-0.2, 0) is 13.1 Å². The van der Waals surface area contributed by atoms with Crippen LogP contribution in [0.3, 0.4) is 0 Å². The van der Waals surface area contributed by atoms with Crippen LogP contribution in [-0.4, -0.2) is 34.3 Å². The number of hydrogen-bond acceptors (Lipinski definition) is 3. The van der Waals surface area contributed by atoms with Crippen molar-refractivity contribution in [1.29, 1.82) is 0 Å². The summed E-state index contributed by atoms with van der Waals surface area (Å²) in [6.45, 7) is 9.23. The van der Waals surface area contributed by atoms with E-state index < -0.39 is 0 Å². The maximum absolute atomic E-state index is 5.98. The highest BCUT2D eigenvalue weighted by Gasteiger charge is 2.02. The van der Waals surface area contributed by atoms with Gasteiger partial charge in [-0.1, -0.05) is 37.6 Å². The van der Waals surface area contributed by atoms with E-state index in [9.17, 15) is 0 Å². The fourth-order valence-electron chi connectivity index (χ4n) is 2.21. The second kappa shape index (κ2) is 8.05. The third-order valence-electron chi connectivity index (χ3n) is 3.56. The van der Waals surface area contributed by atoms with E-state index in [-0.39, 0.29) is 0 Å². The van der Waals surface area contributed by atoms with E-state index >= 15 is 0 Å². The van der Waals surface area contributed by atoms with Crippen molar-refractivity contribution in [3.63, 3.8) is 0 Å². The van der Waals surface area contributed by atoms with Gasteiger partial charge >= 0.3 is 0 Å². The minimum atomic E-state index is 0.752. The first-order chi connectivity index (χ1) is 10.2. The quantitative estimate of drug-likeness (QED) is 0.810. The summed E-state index contributed by atoms with van der Waals surface area (Å²) < 4.78 is 1.98. The molecule has 0 saturated heterocycles. The van der Waals surface area contributed by atoms with E-state index in [1.54, 1.807) is 0 Å². The van der Waals surface area contributed by atoms with Crippen molar-refractivity contribution < 1.29 is 0 Å². The van der Waals surface area contributed by atoms with Gasteiger partial charge in [0, 0.05) is 24.3 Å². The van der Waals surface area contributed by atoms with Gasteiger partial charge in [-0.05, 0) is 30.8 Å². The van der Waals surface area contributed by atoms with Crippen LogP contribution in [0.5, 0.6) is 0 Å². The van der Waals surface area contributed by atoms with Crippen LogP contribution in [0.1, 0.15) is 19.4 Å². The summed E-state index contributed by atoms with van der Waals surface area (Å²) in [7, 11) is 0. The summed E-state index contributed by atoms with van der Waals surface area (Å²) in [5, 5.41) is 8.52. The van der Waals surface area contributed by atoms with Gasteiger partial charge in [-0.15, -0.1) is 0 Å². The van der Waals surface area contributed by atoms with Crippen LogP contribution in [0.25, 0.3) is 0 Å². The van der Waals surface area contributed by atoms with Gasteiger partial charge in [-0.25, -0.2) is 0 Å². The van der Waals surface area contributed by atoms with Gasteiger partial charge in [0.1, 0.15) is 0 Å². The van der Waals surface area contributed by atoms with Gasteiger partial charge in [-0.2, -0.15) is 5.10 Å². The SMILES string of the molecule is CCN(CC)CCn1cc(NCc2cccc(Cl)c2)cn1. The molecule has 1 N–H and O–H groups in total. The number of aromatic nitrogens is 2.